The smallest absolute Gasteiger partial charge is 0.225 e. The van der Waals surface area contributed by atoms with Crippen LogP contribution in [-0.2, 0) is 15.0 Å². The molecule has 1 aliphatic carbocycles. The number of piperazine rings is 1. The van der Waals surface area contributed by atoms with Crippen molar-refractivity contribution in [2.24, 2.45) is 5.92 Å². The second-order valence-corrected chi connectivity index (χ2v) is 11.5. The molecule has 1 aromatic heterocycles. The Morgan fingerprint density at radius 2 is 1.77 bits per heavy atom. The number of benzene rings is 1. The van der Waals surface area contributed by atoms with Crippen LogP contribution in [0.4, 0.5) is 5.82 Å². The Hall–Kier alpha value is -2.57. The number of hydroxylamine groups is 1. The molecule has 1 aromatic carbocycles. The summed E-state index contributed by atoms with van der Waals surface area (Å²) in [7, 11) is 0. The SMILES string of the molecule is CC(C)(C)c1ccc(C2=CC3(CCC(C(=O)N4CCN(c5ncccc5Cl)CC4)CC3)ON2)cc1. The predicted molar refractivity (Wildman–Crippen MR) is 140 cm³/mol. The number of hydrogen-bond acceptors (Lipinski definition) is 5. The van der Waals surface area contributed by atoms with Gasteiger partial charge in [-0.05, 0) is 60.4 Å². The van der Waals surface area contributed by atoms with Gasteiger partial charge in [0.1, 0.15) is 11.4 Å². The van der Waals surface area contributed by atoms with Gasteiger partial charge in [-0.25, -0.2) is 4.98 Å². The maximum absolute atomic E-state index is 13.3. The molecule has 5 rings (SSSR count). The van der Waals surface area contributed by atoms with Crippen LogP contribution in [0.1, 0.15) is 57.6 Å². The Labute approximate surface area is 213 Å². The minimum atomic E-state index is -0.316. The molecule has 0 unspecified atom stereocenters. The van der Waals surface area contributed by atoms with Crippen molar-refractivity contribution in [1.82, 2.24) is 15.4 Å². The topological polar surface area (TPSA) is 57.7 Å². The van der Waals surface area contributed by atoms with Crippen molar-refractivity contribution in [1.29, 1.82) is 0 Å². The molecule has 6 nitrogen and oxygen atoms in total. The predicted octanol–water partition coefficient (Wildman–Crippen LogP) is 5.19. The Morgan fingerprint density at radius 3 is 2.40 bits per heavy atom. The van der Waals surface area contributed by atoms with Gasteiger partial charge in [-0.1, -0.05) is 56.6 Å². The highest BCUT2D eigenvalue weighted by Crippen LogP contribution is 2.41. The monoisotopic (exact) mass is 494 g/mol. The van der Waals surface area contributed by atoms with E-state index in [2.05, 4.69) is 66.5 Å². The molecule has 35 heavy (non-hydrogen) atoms. The summed E-state index contributed by atoms with van der Waals surface area (Å²) >= 11 is 6.31. The second kappa shape index (κ2) is 9.47. The lowest BCUT2D eigenvalue weighted by atomic mass is 9.77. The average molecular weight is 495 g/mol. The fraction of sp³-hybridized carbons (Fsp3) is 0.500. The lowest BCUT2D eigenvalue weighted by molar-refractivity contribution is -0.139. The fourth-order valence-electron chi connectivity index (χ4n) is 5.38. The van der Waals surface area contributed by atoms with Gasteiger partial charge in [-0.15, -0.1) is 0 Å². The van der Waals surface area contributed by atoms with Crippen LogP contribution in [0.5, 0.6) is 0 Å². The van der Waals surface area contributed by atoms with Crippen molar-refractivity contribution in [3.8, 4) is 0 Å². The van der Waals surface area contributed by atoms with Gasteiger partial charge in [-0.2, -0.15) is 0 Å². The van der Waals surface area contributed by atoms with Gasteiger partial charge in [0.15, 0.2) is 0 Å². The van der Waals surface area contributed by atoms with Crippen LogP contribution >= 0.6 is 11.6 Å². The number of nitrogens with zero attached hydrogens (tertiary/aromatic N) is 3. The van der Waals surface area contributed by atoms with E-state index in [9.17, 15) is 4.79 Å². The normalized spacial score (nSPS) is 24.9. The molecule has 2 fully saturated rings. The van der Waals surface area contributed by atoms with E-state index in [1.807, 2.05) is 17.0 Å². The van der Waals surface area contributed by atoms with Crippen molar-refractivity contribution in [3.63, 3.8) is 0 Å². The summed E-state index contributed by atoms with van der Waals surface area (Å²) in [6, 6.07) is 12.4. The van der Waals surface area contributed by atoms with Crippen LogP contribution < -0.4 is 10.4 Å². The highest BCUT2D eigenvalue weighted by molar-refractivity contribution is 6.32. The molecule has 186 valence electrons. The molecule has 3 aliphatic rings. The van der Waals surface area contributed by atoms with Crippen molar-refractivity contribution in [2.75, 3.05) is 31.1 Å². The largest absolute Gasteiger partial charge is 0.352 e. The molecule has 1 spiro atoms. The lowest BCUT2D eigenvalue weighted by Gasteiger charge is -2.39. The van der Waals surface area contributed by atoms with Gasteiger partial charge in [0, 0.05) is 38.3 Å². The highest BCUT2D eigenvalue weighted by Gasteiger charge is 2.42. The zero-order valence-corrected chi connectivity index (χ0v) is 21.6. The fourth-order valence-corrected chi connectivity index (χ4v) is 5.62. The van der Waals surface area contributed by atoms with Gasteiger partial charge in [0.05, 0.1) is 10.7 Å². The Kier molecular flexibility index (Phi) is 6.53. The van der Waals surface area contributed by atoms with Gasteiger partial charge >= 0.3 is 0 Å². The highest BCUT2D eigenvalue weighted by atomic mass is 35.5. The first kappa shape index (κ1) is 24.1. The van der Waals surface area contributed by atoms with E-state index in [-0.39, 0.29) is 22.8 Å². The maximum Gasteiger partial charge on any atom is 0.225 e. The molecule has 3 heterocycles. The van der Waals surface area contributed by atoms with Crippen molar-refractivity contribution in [2.45, 2.75) is 57.5 Å². The van der Waals surface area contributed by atoms with E-state index in [1.165, 1.54) is 5.56 Å². The number of aromatic nitrogens is 1. The van der Waals surface area contributed by atoms with E-state index in [0.29, 0.717) is 18.1 Å². The third-order valence-electron chi connectivity index (χ3n) is 7.64. The first-order valence-corrected chi connectivity index (χ1v) is 13.0. The molecule has 2 aliphatic heterocycles. The standard InChI is InChI=1S/C28H35ClN4O2/c1-27(2,3)22-8-6-20(7-9-22)24-19-28(35-31-24)12-10-21(11-13-28)26(34)33-17-15-32(16-18-33)25-23(29)5-4-14-30-25/h4-9,14,19,21,31H,10-13,15-18H2,1-3H3. The van der Waals surface area contributed by atoms with Crippen LogP contribution in [0, 0.1) is 5.92 Å². The number of rotatable bonds is 3. The number of anilines is 1. The third-order valence-corrected chi connectivity index (χ3v) is 7.94. The van der Waals surface area contributed by atoms with E-state index >= 15 is 0 Å². The molecular weight excluding hydrogens is 460 g/mol. The van der Waals surface area contributed by atoms with E-state index in [0.717, 1.165) is 55.9 Å². The van der Waals surface area contributed by atoms with Gasteiger partial charge in [0.2, 0.25) is 5.91 Å². The quantitative estimate of drug-likeness (QED) is 0.636. The molecule has 0 bridgehead atoms. The van der Waals surface area contributed by atoms with Crippen molar-refractivity contribution >= 4 is 29.0 Å². The lowest BCUT2D eigenvalue weighted by Crippen LogP contribution is -2.51. The molecule has 7 heteroatoms. The summed E-state index contributed by atoms with van der Waals surface area (Å²) in [6.07, 6.45) is 7.39. The van der Waals surface area contributed by atoms with Crippen LogP contribution in [0.25, 0.3) is 5.70 Å². The number of pyridine rings is 1. The molecular formula is C28H35ClN4O2. The Balaban J connectivity index is 1.16. The summed E-state index contributed by atoms with van der Waals surface area (Å²) < 4.78 is 0. The molecule has 0 radical (unpaired) electrons. The van der Waals surface area contributed by atoms with E-state index < -0.39 is 0 Å². The maximum atomic E-state index is 13.3. The first-order chi connectivity index (χ1) is 16.7. The number of amides is 1. The number of halogens is 1. The average Bonchev–Trinajstić information content (AvgIpc) is 3.27. The van der Waals surface area contributed by atoms with Crippen LogP contribution in [-0.4, -0.2) is 47.6 Å². The van der Waals surface area contributed by atoms with E-state index in [4.69, 9.17) is 16.4 Å². The summed E-state index contributed by atoms with van der Waals surface area (Å²) in [5.74, 6) is 1.15. The Morgan fingerprint density at radius 1 is 1.09 bits per heavy atom. The number of carbonyl (C=O) groups excluding carboxylic acids is 1. The zero-order chi connectivity index (χ0) is 24.6. The van der Waals surface area contributed by atoms with Gasteiger partial charge in [0.25, 0.3) is 0 Å². The molecule has 1 amide bonds. The summed E-state index contributed by atoms with van der Waals surface area (Å²) in [5, 5.41) is 0.660. The summed E-state index contributed by atoms with van der Waals surface area (Å²) in [6.45, 7) is 9.60. The minimum Gasteiger partial charge on any atom is -0.352 e. The van der Waals surface area contributed by atoms with Crippen LogP contribution in [0.3, 0.4) is 0 Å². The minimum absolute atomic E-state index is 0.0673. The van der Waals surface area contributed by atoms with Gasteiger partial charge < -0.3 is 9.80 Å². The zero-order valence-electron chi connectivity index (χ0n) is 20.9. The number of carbonyl (C=O) groups is 1. The summed E-state index contributed by atoms with van der Waals surface area (Å²) in [4.78, 5) is 28.0. The summed E-state index contributed by atoms with van der Waals surface area (Å²) in [5.41, 5.74) is 6.47. The molecule has 1 saturated heterocycles. The molecule has 1 N–H and O–H groups in total. The number of nitrogens with one attached hydrogen (secondary N) is 1. The van der Waals surface area contributed by atoms with Crippen molar-refractivity contribution < 1.29 is 9.63 Å². The third kappa shape index (κ3) is 5.05. The van der Waals surface area contributed by atoms with Crippen LogP contribution in [0.15, 0.2) is 48.7 Å². The molecule has 0 atom stereocenters. The molecule has 1 saturated carbocycles. The first-order valence-electron chi connectivity index (χ1n) is 12.7. The Bertz CT molecular complexity index is 1090. The van der Waals surface area contributed by atoms with Crippen LogP contribution in [0.2, 0.25) is 5.02 Å². The number of hydrogen-bond donors (Lipinski definition) is 1. The van der Waals surface area contributed by atoms with Gasteiger partial charge in [-0.3, -0.25) is 15.1 Å². The van der Waals surface area contributed by atoms with E-state index in [1.54, 1.807) is 6.20 Å². The van der Waals surface area contributed by atoms with Crippen molar-refractivity contribution in [3.05, 3.63) is 64.8 Å². The second-order valence-electron chi connectivity index (χ2n) is 11.0. The molecule has 2 aromatic rings.